The van der Waals surface area contributed by atoms with E-state index in [0.717, 1.165) is 0 Å². The molecule has 0 aliphatic rings. The van der Waals surface area contributed by atoms with E-state index in [1.165, 1.54) is 18.7 Å². The Bertz CT molecular complexity index is 679. The number of nitrogens with one attached hydrogen (secondary N) is 3. The number of rotatable bonds is 17. The first kappa shape index (κ1) is 30.6. The summed E-state index contributed by atoms with van der Waals surface area (Å²) in [6.45, 7) is 1.61. The fourth-order valence-electron chi connectivity index (χ4n) is 2.73. The van der Waals surface area contributed by atoms with E-state index in [4.69, 9.17) is 16.6 Å². The Morgan fingerprint density at radius 1 is 0.909 bits per heavy atom. The molecule has 0 spiro atoms. The van der Waals surface area contributed by atoms with E-state index in [9.17, 15) is 34.2 Å². The van der Waals surface area contributed by atoms with Gasteiger partial charge in [0.25, 0.3) is 0 Å². The first-order valence-electron chi connectivity index (χ1n) is 10.4. The molecule has 0 radical (unpaired) electrons. The van der Waals surface area contributed by atoms with Gasteiger partial charge >= 0.3 is 11.9 Å². The van der Waals surface area contributed by atoms with E-state index in [-0.39, 0.29) is 12.8 Å². The first-order chi connectivity index (χ1) is 15.4. The first-order valence-corrected chi connectivity index (χ1v) is 11.8. The van der Waals surface area contributed by atoms with Crippen molar-refractivity contribution in [3.05, 3.63) is 0 Å². The third-order valence-electron chi connectivity index (χ3n) is 4.60. The van der Waals surface area contributed by atoms with Gasteiger partial charge in [-0.25, -0.2) is 4.79 Å². The molecule has 0 rings (SSSR count). The second-order valence-corrected chi connectivity index (χ2v) is 8.44. The van der Waals surface area contributed by atoms with Crippen LogP contribution in [0.15, 0.2) is 0 Å². The number of nitrogens with two attached hydrogens (primary N) is 2. The number of aliphatic hydroxyl groups excluding tert-OH is 1. The number of aliphatic carboxylic acids is 2. The number of carbonyl (C=O) groups excluding carboxylic acids is 3. The molecule has 0 aromatic heterocycles. The van der Waals surface area contributed by atoms with Crippen LogP contribution in [0.3, 0.4) is 0 Å². The van der Waals surface area contributed by atoms with Gasteiger partial charge in [0.2, 0.25) is 17.7 Å². The van der Waals surface area contributed by atoms with Gasteiger partial charge in [-0.15, -0.1) is 0 Å². The Morgan fingerprint density at radius 3 is 2.00 bits per heavy atom. The second kappa shape index (κ2) is 16.2. The highest BCUT2D eigenvalue weighted by Gasteiger charge is 2.32. The number of unbranched alkanes of at least 4 members (excludes halogenated alkanes) is 1. The number of carbonyl (C=O) groups is 5. The van der Waals surface area contributed by atoms with Gasteiger partial charge in [-0.2, -0.15) is 11.8 Å². The predicted octanol–water partition coefficient (Wildman–Crippen LogP) is -2.41. The van der Waals surface area contributed by atoms with Crippen LogP contribution in [0, 0.1) is 0 Å². The lowest BCUT2D eigenvalue weighted by Gasteiger charge is -2.26. The highest BCUT2D eigenvalue weighted by Crippen LogP contribution is 2.06. The van der Waals surface area contributed by atoms with Crippen LogP contribution in [-0.4, -0.2) is 93.8 Å². The zero-order valence-corrected chi connectivity index (χ0v) is 19.6. The Labute approximate surface area is 196 Å². The smallest absolute Gasteiger partial charge is 0.326 e. The number of carboxylic acid groups (broad SMARTS) is 2. The fourth-order valence-corrected chi connectivity index (χ4v) is 3.21. The number of hydrogen-bond acceptors (Lipinski definition) is 9. The van der Waals surface area contributed by atoms with Crippen molar-refractivity contribution in [3.8, 4) is 0 Å². The summed E-state index contributed by atoms with van der Waals surface area (Å²) in [5.41, 5.74) is 10.9. The van der Waals surface area contributed by atoms with Crippen LogP contribution in [0.5, 0.6) is 0 Å². The molecule has 0 aliphatic heterocycles. The molecule has 3 amide bonds. The van der Waals surface area contributed by atoms with Crippen LogP contribution in [0.1, 0.15) is 39.0 Å². The summed E-state index contributed by atoms with van der Waals surface area (Å²) in [4.78, 5) is 59.7. The van der Waals surface area contributed by atoms with Crippen molar-refractivity contribution in [3.63, 3.8) is 0 Å². The number of carboxylic acids is 2. The second-order valence-electron chi connectivity index (χ2n) is 7.46. The minimum atomic E-state index is -1.51. The van der Waals surface area contributed by atoms with E-state index in [0.29, 0.717) is 25.1 Å². The van der Waals surface area contributed by atoms with Crippen molar-refractivity contribution < 1.29 is 39.3 Å². The summed E-state index contributed by atoms with van der Waals surface area (Å²) in [7, 11) is 0. The van der Waals surface area contributed by atoms with Crippen LogP contribution in [0.25, 0.3) is 0 Å². The molecule has 5 unspecified atom stereocenters. The molecule has 0 aromatic carbocycles. The average molecular weight is 494 g/mol. The van der Waals surface area contributed by atoms with Crippen LogP contribution in [0.2, 0.25) is 0 Å². The van der Waals surface area contributed by atoms with Crippen molar-refractivity contribution in [2.75, 3.05) is 18.6 Å². The van der Waals surface area contributed by atoms with E-state index >= 15 is 0 Å². The summed E-state index contributed by atoms with van der Waals surface area (Å²) in [5.74, 6) is -4.68. The zero-order chi connectivity index (χ0) is 25.6. The molecule has 0 saturated carbocycles. The lowest BCUT2D eigenvalue weighted by Crippen LogP contribution is -2.60. The van der Waals surface area contributed by atoms with Gasteiger partial charge < -0.3 is 42.7 Å². The van der Waals surface area contributed by atoms with Gasteiger partial charge in [-0.3, -0.25) is 19.2 Å². The van der Waals surface area contributed by atoms with Gasteiger partial charge in [-0.1, -0.05) is 0 Å². The van der Waals surface area contributed by atoms with E-state index in [1.54, 1.807) is 6.26 Å². The van der Waals surface area contributed by atoms with Gasteiger partial charge in [0.05, 0.1) is 18.6 Å². The Balaban J connectivity index is 5.34. The third-order valence-corrected chi connectivity index (χ3v) is 5.24. The van der Waals surface area contributed by atoms with Gasteiger partial charge in [0.1, 0.15) is 18.1 Å². The molecule has 33 heavy (non-hydrogen) atoms. The third kappa shape index (κ3) is 12.4. The molecule has 14 heteroatoms. The quantitative estimate of drug-likeness (QED) is 0.0993. The van der Waals surface area contributed by atoms with Crippen LogP contribution in [-0.2, 0) is 24.0 Å². The molecule has 5 atom stereocenters. The standard InChI is InChI=1S/C19H35N5O8S/c1-10(25)15(24-16(28)11(21)9-14(26)27)18(30)22-12(6-8-33-2)17(29)23-13(19(31)32)5-3-4-7-20/h10-13,15,25H,3-9,20-21H2,1-2H3,(H,22,30)(H,23,29)(H,24,28)(H,26,27)(H,31,32). The lowest BCUT2D eigenvalue weighted by atomic mass is 10.1. The molecular formula is C19H35N5O8S. The van der Waals surface area contributed by atoms with Gasteiger partial charge in [0.15, 0.2) is 0 Å². The van der Waals surface area contributed by atoms with Crippen LogP contribution >= 0.6 is 11.8 Å². The summed E-state index contributed by atoms with van der Waals surface area (Å²) < 4.78 is 0. The predicted molar refractivity (Wildman–Crippen MR) is 121 cm³/mol. The highest BCUT2D eigenvalue weighted by molar-refractivity contribution is 7.98. The number of amides is 3. The molecule has 13 nitrogen and oxygen atoms in total. The minimum absolute atomic E-state index is 0.160. The normalized spacial score (nSPS) is 15.4. The van der Waals surface area contributed by atoms with E-state index in [2.05, 4.69) is 16.0 Å². The Morgan fingerprint density at radius 2 is 1.52 bits per heavy atom. The average Bonchev–Trinajstić information content (AvgIpc) is 2.72. The van der Waals surface area contributed by atoms with Gasteiger partial charge in [0, 0.05) is 0 Å². The maximum absolute atomic E-state index is 12.7. The van der Waals surface area contributed by atoms with E-state index in [1.807, 2.05) is 0 Å². The zero-order valence-electron chi connectivity index (χ0n) is 18.8. The van der Waals surface area contributed by atoms with Crippen molar-refractivity contribution in [1.29, 1.82) is 0 Å². The maximum atomic E-state index is 12.7. The SMILES string of the molecule is CSCCC(NC(=O)C(NC(=O)C(N)CC(=O)O)C(C)O)C(=O)NC(CCCCN)C(=O)O. The van der Waals surface area contributed by atoms with Crippen molar-refractivity contribution in [2.45, 2.75) is 69.3 Å². The summed E-state index contributed by atoms with van der Waals surface area (Å²) in [6, 6.07) is -5.26. The maximum Gasteiger partial charge on any atom is 0.326 e. The monoisotopic (exact) mass is 493 g/mol. The molecular weight excluding hydrogens is 458 g/mol. The number of aliphatic hydroxyl groups is 1. The topological polar surface area (TPSA) is 234 Å². The Kier molecular flexibility index (Phi) is 15.0. The molecule has 190 valence electrons. The van der Waals surface area contributed by atoms with Crippen LogP contribution < -0.4 is 27.4 Å². The molecule has 0 heterocycles. The summed E-state index contributed by atoms with van der Waals surface area (Å²) in [5, 5.41) is 35.0. The van der Waals surface area contributed by atoms with Gasteiger partial charge in [-0.05, 0) is 51.2 Å². The molecule has 0 saturated heterocycles. The van der Waals surface area contributed by atoms with Crippen molar-refractivity contribution in [2.24, 2.45) is 11.5 Å². The summed E-state index contributed by atoms with van der Waals surface area (Å²) in [6.07, 6.45) is 1.11. The fraction of sp³-hybridized carbons (Fsp3) is 0.737. The molecule has 0 bridgehead atoms. The van der Waals surface area contributed by atoms with Crippen molar-refractivity contribution in [1.82, 2.24) is 16.0 Å². The summed E-state index contributed by atoms with van der Waals surface area (Å²) >= 11 is 1.40. The molecule has 0 fully saturated rings. The lowest BCUT2D eigenvalue weighted by molar-refractivity contribution is -0.142. The molecule has 10 N–H and O–H groups in total. The highest BCUT2D eigenvalue weighted by atomic mass is 32.2. The van der Waals surface area contributed by atoms with Crippen LogP contribution in [0.4, 0.5) is 0 Å². The molecule has 0 aromatic rings. The largest absolute Gasteiger partial charge is 0.481 e. The molecule has 0 aliphatic carbocycles. The number of thioether (sulfide) groups is 1. The minimum Gasteiger partial charge on any atom is -0.481 e. The van der Waals surface area contributed by atoms with Crippen molar-refractivity contribution >= 4 is 41.4 Å². The Hall–Kier alpha value is -2.42. The number of hydrogen-bond donors (Lipinski definition) is 8. The van der Waals surface area contributed by atoms with E-state index < -0.39 is 66.4 Å².